The van der Waals surface area contributed by atoms with Crippen molar-refractivity contribution in [3.8, 4) is 0 Å². The number of hydrogen-bond acceptors (Lipinski definition) is 4. The zero-order valence-corrected chi connectivity index (χ0v) is 11.5. The summed E-state index contributed by atoms with van der Waals surface area (Å²) in [6.45, 7) is 5.77. The molecule has 1 rings (SSSR count). The third kappa shape index (κ3) is 3.81. The largest absolute Gasteiger partial charge is 0.480 e. The fraction of sp³-hybridized carbons (Fsp3) is 0.615. The summed E-state index contributed by atoms with van der Waals surface area (Å²) in [5.74, 6) is -1.29. The summed E-state index contributed by atoms with van der Waals surface area (Å²) in [5, 5.41) is 15.2. The Bertz CT molecular complexity index is 438. The third-order valence-electron chi connectivity index (χ3n) is 3.17. The minimum atomic E-state index is -1.06. The van der Waals surface area contributed by atoms with Crippen molar-refractivity contribution in [2.75, 3.05) is 0 Å². The van der Waals surface area contributed by atoms with Gasteiger partial charge >= 0.3 is 5.97 Å². The van der Waals surface area contributed by atoms with Crippen molar-refractivity contribution in [2.24, 2.45) is 0 Å². The number of hydrogen-bond donors (Lipinski definition) is 2. The molecule has 0 saturated heterocycles. The summed E-state index contributed by atoms with van der Waals surface area (Å²) in [5.41, 5.74) is 0.735. The van der Waals surface area contributed by atoms with Crippen molar-refractivity contribution in [3.05, 3.63) is 17.5 Å². The van der Waals surface area contributed by atoms with Crippen LogP contribution in [0, 0.1) is 0 Å². The van der Waals surface area contributed by atoms with Gasteiger partial charge < -0.3 is 14.9 Å². The van der Waals surface area contributed by atoms with Gasteiger partial charge in [0.05, 0.1) is 5.69 Å². The van der Waals surface area contributed by atoms with Crippen molar-refractivity contribution < 1.29 is 19.2 Å². The maximum absolute atomic E-state index is 11.8. The van der Waals surface area contributed by atoms with Crippen LogP contribution in [0.1, 0.15) is 62.2 Å². The maximum atomic E-state index is 11.8. The predicted octanol–water partition coefficient (Wildman–Crippen LogP) is 2.17. The molecule has 106 valence electrons. The Labute approximate surface area is 112 Å². The van der Waals surface area contributed by atoms with Crippen LogP contribution in [-0.2, 0) is 4.79 Å². The molecule has 1 heterocycles. The van der Waals surface area contributed by atoms with E-state index in [2.05, 4.69) is 10.5 Å². The van der Waals surface area contributed by atoms with Crippen molar-refractivity contribution in [2.45, 2.75) is 52.0 Å². The van der Waals surface area contributed by atoms with Crippen molar-refractivity contribution in [1.29, 1.82) is 0 Å². The number of aromatic nitrogens is 1. The Balaban J connectivity index is 2.75. The summed E-state index contributed by atoms with van der Waals surface area (Å²) >= 11 is 0. The Hall–Kier alpha value is -1.85. The van der Waals surface area contributed by atoms with Gasteiger partial charge in [-0.1, -0.05) is 25.9 Å². The smallest absolute Gasteiger partial charge is 0.326 e. The number of nitrogens with zero attached hydrogens (tertiary/aromatic N) is 1. The highest BCUT2D eigenvalue weighted by Crippen LogP contribution is 2.22. The molecule has 2 N–H and O–H groups in total. The van der Waals surface area contributed by atoms with E-state index in [1.54, 1.807) is 13.0 Å². The molecule has 1 atom stereocenters. The molecule has 0 bridgehead atoms. The minimum Gasteiger partial charge on any atom is -0.480 e. The lowest BCUT2D eigenvalue weighted by Gasteiger charge is -2.10. The highest BCUT2D eigenvalue weighted by atomic mass is 16.5. The molecule has 0 aliphatic rings. The first-order chi connectivity index (χ1) is 9.03. The lowest BCUT2D eigenvalue weighted by molar-refractivity contribution is -0.139. The molecule has 0 aromatic carbocycles. The molecular formula is C13H20N2O4. The molecular weight excluding hydrogens is 248 g/mol. The number of nitrogens with one attached hydrogen (secondary N) is 1. The van der Waals surface area contributed by atoms with Gasteiger partial charge in [-0.2, -0.15) is 0 Å². The first kappa shape index (κ1) is 15.2. The van der Waals surface area contributed by atoms with Crippen LogP contribution >= 0.6 is 0 Å². The van der Waals surface area contributed by atoms with Crippen LogP contribution in [0.4, 0.5) is 0 Å². The Morgan fingerprint density at radius 3 is 2.42 bits per heavy atom. The van der Waals surface area contributed by atoms with Gasteiger partial charge in [0.1, 0.15) is 6.04 Å². The summed E-state index contributed by atoms with van der Waals surface area (Å²) in [6, 6.07) is 0.677. The highest BCUT2D eigenvalue weighted by Gasteiger charge is 2.22. The van der Waals surface area contributed by atoms with E-state index < -0.39 is 17.9 Å². The molecule has 1 aromatic heterocycles. The zero-order chi connectivity index (χ0) is 14.4. The zero-order valence-electron chi connectivity index (χ0n) is 11.5. The van der Waals surface area contributed by atoms with E-state index in [0.29, 0.717) is 6.42 Å². The quantitative estimate of drug-likeness (QED) is 0.790. The molecule has 6 nitrogen and oxygen atoms in total. The summed E-state index contributed by atoms with van der Waals surface area (Å²) in [4.78, 5) is 22.7. The first-order valence-electron chi connectivity index (χ1n) is 6.53. The van der Waals surface area contributed by atoms with Crippen LogP contribution < -0.4 is 5.32 Å². The Morgan fingerprint density at radius 2 is 1.95 bits per heavy atom. The fourth-order valence-corrected chi connectivity index (χ4v) is 1.86. The molecule has 0 spiro atoms. The van der Waals surface area contributed by atoms with Gasteiger partial charge in [0, 0.05) is 12.0 Å². The number of carbonyl (C=O) groups excluding carboxylic acids is 1. The van der Waals surface area contributed by atoms with E-state index in [0.717, 1.165) is 18.5 Å². The van der Waals surface area contributed by atoms with Crippen LogP contribution in [0.5, 0.6) is 0 Å². The van der Waals surface area contributed by atoms with Gasteiger partial charge in [-0.25, -0.2) is 4.79 Å². The van der Waals surface area contributed by atoms with Gasteiger partial charge in [-0.3, -0.25) is 4.79 Å². The first-order valence-corrected chi connectivity index (χ1v) is 6.53. The van der Waals surface area contributed by atoms with Gasteiger partial charge in [0.2, 0.25) is 5.76 Å². The van der Waals surface area contributed by atoms with Gasteiger partial charge in [0.25, 0.3) is 5.91 Å². The van der Waals surface area contributed by atoms with Gasteiger partial charge in [0.15, 0.2) is 0 Å². The van der Waals surface area contributed by atoms with Crippen LogP contribution in [0.15, 0.2) is 10.6 Å². The Kier molecular flexibility index (Phi) is 5.54. The molecule has 19 heavy (non-hydrogen) atoms. The molecule has 1 amide bonds. The molecule has 0 aliphatic carbocycles. The van der Waals surface area contributed by atoms with E-state index in [1.807, 2.05) is 13.8 Å². The Morgan fingerprint density at radius 1 is 1.32 bits per heavy atom. The van der Waals surface area contributed by atoms with Crippen LogP contribution in [0.25, 0.3) is 0 Å². The molecule has 6 heteroatoms. The summed E-state index contributed by atoms with van der Waals surface area (Å²) in [7, 11) is 0. The molecule has 1 unspecified atom stereocenters. The SMILES string of the molecule is CCC(NC(=O)c1cc(C(CC)CC)no1)C(=O)O. The van der Waals surface area contributed by atoms with Crippen LogP contribution in [0.3, 0.4) is 0 Å². The number of carboxylic acid groups (broad SMARTS) is 1. The molecule has 0 radical (unpaired) electrons. The second-order valence-electron chi connectivity index (χ2n) is 4.40. The third-order valence-corrected chi connectivity index (χ3v) is 3.17. The minimum absolute atomic E-state index is 0.0570. The standard InChI is InChI=1S/C13H20N2O4/c1-4-8(5-2)10-7-11(19-15-10)12(16)14-9(6-3)13(17)18/h7-9H,4-6H2,1-3H3,(H,14,16)(H,17,18). The fourth-order valence-electron chi connectivity index (χ4n) is 1.86. The second kappa shape index (κ2) is 6.92. The second-order valence-corrected chi connectivity index (χ2v) is 4.40. The van der Waals surface area contributed by atoms with Gasteiger partial charge in [-0.05, 0) is 19.3 Å². The number of rotatable bonds is 7. The van der Waals surface area contributed by atoms with E-state index >= 15 is 0 Å². The molecule has 0 aliphatic heterocycles. The lowest BCUT2D eigenvalue weighted by atomic mass is 9.99. The summed E-state index contributed by atoms with van der Waals surface area (Å²) in [6.07, 6.45) is 2.14. The van der Waals surface area contributed by atoms with Gasteiger partial charge in [-0.15, -0.1) is 0 Å². The van der Waals surface area contributed by atoms with E-state index in [1.165, 1.54) is 0 Å². The monoisotopic (exact) mass is 268 g/mol. The van der Waals surface area contributed by atoms with Crippen molar-refractivity contribution >= 4 is 11.9 Å². The molecule has 1 aromatic rings. The maximum Gasteiger partial charge on any atom is 0.326 e. The van der Waals surface area contributed by atoms with Crippen LogP contribution in [0.2, 0.25) is 0 Å². The van der Waals surface area contributed by atoms with E-state index in [-0.39, 0.29) is 11.7 Å². The van der Waals surface area contributed by atoms with Crippen molar-refractivity contribution in [1.82, 2.24) is 10.5 Å². The average Bonchev–Trinajstić information content (AvgIpc) is 2.86. The lowest BCUT2D eigenvalue weighted by Crippen LogP contribution is -2.40. The topological polar surface area (TPSA) is 92.4 Å². The normalized spacial score (nSPS) is 12.4. The molecule has 0 fully saturated rings. The van der Waals surface area contributed by atoms with E-state index in [9.17, 15) is 9.59 Å². The van der Waals surface area contributed by atoms with Crippen LogP contribution in [-0.4, -0.2) is 28.2 Å². The average molecular weight is 268 g/mol. The summed E-state index contributed by atoms with van der Waals surface area (Å²) < 4.78 is 4.98. The number of amides is 1. The molecule has 0 saturated carbocycles. The number of aliphatic carboxylic acids is 1. The highest BCUT2D eigenvalue weighted by molar-refractivity contribution is 5.94. The van der Waals surface area contributed by atoms with Crippen molar-refractivity contribution in [3.63, 3.8) is 0 Å². The predicted molar refractivity (Wildman–Crippen MR) is 69.0 cm³/mol. The van der Waals surface area contributed by atoms with E-state index in [4.69, 9.17) is 9.63 Å². The number of carboxylic acids is 1. The number of carbonyl (C=O) groups is 2.